The maximum atomic E-state index is 11.7. The number of thioether (sulfide) groups is 1. The number of alkyl carbamates (subject to hydrolysis) is 1. The van der Waals surface area contributed by atoms with E-state index in [1.165, 1.54) is 0 Å². The van der Waals surface area contributed by atoms with Crippen LogP contribution in [0, 0.1) is 0 Å². The number of aliphatic hydroxyl groups excluding tert-OH is 1. The molecule has 0 fully saturated rings. The van der Waals surface area contributed by atoms with Gasteiger partial charge in [0.05, 0.1) is 0 Å². The van der Waals surface area contributed by atoms with Crippen molar-refractivity contribution in [3.05, 3.63) is 30.3 Å². The van der Waals surface area contributed by atoms with E-state index in [2.05, 4.69) is 5.32 Å². The second kappa shape index (κ2) is 8.17. The summed E-state index contributed by atoms with van der Waals surface area (Å²) in [6.45, 7) is 5.51. The van der Waals surface area contributed by atoms with E-state index in [4.69, 9.17) is 9.84 Å². The number of aliphatic hydroxyl groups is 1. The number of carbonyl (C=O) groups excluding carboxylic acids is 1. The minimum absolute atomic E-state index is 0.0375. The van der Waals surface area contributed by atoms with Crippen LogP contribution in [0.4, 0.5) is 4.79 Å². The van der Waals surface area contributed by atoms with Gasteiger partial charge in [0.1, 0.15) is 5.60 Å². The van der Waals surface area contributed by atoms with Gasteiger partial charge in [0, 0.05) is 23.3 Å². The number of rotatable bonds is 6. The third-order valence-corrected chi connectivity index (χ3v) is 3.57. The van der Waals surface area contributed by atoms with Gasteiger partial charge in [-0.2, -0.15) is 0 Å². The van der Waals surface area contributed by atoms with Crippen molar-refractivity contribution >= 4 is 17.9 Å². The van der Waals surface area contributed by atoms with Crippen molar-refractivity contribution in [1.29, 1.82) is 0 Å². The molecule has 1 unspecified atom stereocenters. The molecule has 0 aliphatic heterocycles. The molecule has 0 bridgehead atoms. The van der Waals surface area contributed by atoms with Crippen LogP contribution in [0.5, 0.6) is 0 Å². The Bertz CT molecular complexity index is 403. The molecular weight excluding hydrogens is 274 g/mol. The summed E-state index contributed by atoms with van der Waals surface area (Å²) in [4.78, 5) is 12.9. The summed E-state index contributed by atoms with van der Waals surface area (Å²) in [5.74, 6) is 0.698. The molecule has 112 valence electrons. The first-order valence-corrected chi connectivity index (χ1v) is 7.67. The van der Waals surface area contributed by atoms with Gasteiger partial charge in [-0.3, -0.25) is 0 Å². The molecule has 1 rings (SSSR count). The van der Waals surface area contributed by atoms with Gasteiger partial charge in [-0.05, 0) is 39.3 Å². The van der Waals surface area contributed by atoms with Gasteiger partial charge in [0.15, 0.2) is 0 Å². The quantitative estimate of drug-likeness (QED) is 0.792. The highest BCUT2D eigenvalue weighted by Crippen LogP contribution is 2.19. The summed E-state index contributed by atoms with van der Waals surface area (Å²) in [7, 11) is 0. The average Bonchev–Trinajstić information content (AvgIpc) is 2.35. The van der Waals surface area contributed by atoms with Crippen LogP contribution < -0.4 is 5.32 Å². The second-order valence-electron chi connectivity index (χ2n) is 5.48. The van der Waals surface area contributed by atoms with Gasteiger partial charge in [0.2, 0.25) is 0 Å². The average molecular weight is 297 g/mol. The molecule has 1 amide bonds. The molecule has 0 radical (unpaired) electrons. The van der Waals surface area contributed by atoms with Gasteiger partial charge < -0.3 is 15.2 Å². The molecule has 1 aromatic carbocycles. The van der Waals surface area contributed by atoms with Gasteiger partial charge >= 0.3 is 6.09 Å². The lowest BCUT2D eigenvalue weighted by Gasteiger charge is -2.23. The number of benzene rings is 1. The Balaban J connectivity index is 2.46. The molecule has 1 aromatic rings. The second-order valence-corrected chi connectivity index (χ2v) is 6.57. The molecule has 20 heavy (non-hydrogen) atoms. The highest BCUT2D eigenvalue weighted by Gasteiger charge is 2.19. The smallest absolute Gasteiger partial charge is 0.407 e. The molecule has 1 atom stereocenters. The van der Waals surface area contributed by atoms with Gasteiger partial charge in [-0.1, -0.05) is 18.2 Å². The van der Waals surface area contributed by atoms with Crippen molar-refractivity contribution in [2.45, 2.75) is 43.7 Å². The lowest BCUT2D eigenvalue weighted by Crippen LogP contribution is -2.40. The monoisotopic (exact) mass is 297 g/mol. The Morgan fingerprint density at radius 2 is 2.00 bits per heavy atom. The number of amides is 1. The van der Waals surface area contributed by atoms with Gasteiger partial charge in [-0.25, -0.2) is 4.79 Å². The first-order chi connectivity index (χ1) is 9.40. The van der Waals surface area contributed by atoms with E-state index in [0.29, 0.717) is 12.2 Å². The lowest BCUT2D eigenvalue weighted by atomic mass is 10.2. The largest absolute Gasteiger partial charge is 0.444 e. The van der Waals surface area contributed by atoms with E-state index in [9.17, 15) is 4.79 Å². The summed E-state index contributed by atoms with van der Waals surface area (Å²) in [6.07, 6.45) is 0.0728. The van der Waals surface area contributed by atoms with E-state index in [1.807, 2.05) is 51.1 Å². The maximum absolute atomic E-state index is 11.7. The van der Waals surface area contributed by atoms with E-state index < -0.39 is 11.7 Å². The van der Waals surface area contributed by atoms with Crippen molar-refractivity contribution in [2.24, 2.45) is 0 Å². The third kappa shape index (κ3) is 7.40. The number of nitrogens with one attached hydrogen (secondary N) is 1. The Morgan fingerprint density at radius 1 is 1.35 bits per heavy atom. The molecule has 0 saturated carbocycles. The predicted molar refractivity (Wildman–Crippen MR) is 82.0 cm³/mol. The summed E-state index contributed by atoms with van der Waals surface area (Å²) in [6, 6.07) is 9.85. The maximum Gasteiger partial charge on any atom is 0.407 e. The molecule has 4 nitrogen and oxygen atoms in total. The van der Waals surface area contributed by atoms with E-state index in [0.717, 1.165) is 4.90 Å². The molecule has 0 aliphatic rings. The highest BCUT2D eigenvalue weighted by molar-refractivity contribution is 7.99. The topological polar surface area (TPSA) is 58.6 Å². The number of ether oxygens (including phenoxy) is 1. The van der Waals surface area contributed by atoms with Crippen molar-refractivity contribution < 1.29 is 14.6 Å². The fourth-order valence-electron chi connectivity index (χ4n) is 1.54. The zero-order valence-corrected chi connectivity index (χ0v) is 13.1. The minimum Gasteiger partial charge on any atom is -0.444 e. The first-order valence-electron chi connectivity index (χ1n) is 6.69. The van der Waals surface area contributed by atoms with E-state index in [1.54, 1.807) is 11.8 Å². The van der Waals surface area contributed by atoms with Crippen LogP contribution in [0.15, 0.2) is 35.2 Å². The first kappa shape index (κ1) is 16.9. The van der Waals surface area contributed by atoms with Crippen LogP contribution in [0.2, 0.25) is 0 Å². The highest BCUT2D eigenvalue weighted by atomic mass is 32.2. The summed E-state index contributed by atoms with van der Waals surface area (Å²) >= 11 is 1.65. The molecule has 2 N–H and O–H groups in total. The van der Waals surface area contributed by atoms with Crippen molar-refractivity contribution in [3.63, 3.8) is 0 Å². The van der Waals surface area contributed by atoms with Crippen LogP contribution >= 0.6 is 11.8 Å². The third-order valence-electron chi connectivity index (χ3n) is 2.39. The Morgan fingerprint density at radius 3 is 2.55 bits per heavy atom. The van der Waals surface area contributed by atoms with Crippen LogP contribution in [0.25, 0.3) is 0 Å². The van der Waals surface area contributed by atoms with Crippen LogP contribution in [-0.2, 0) is 4.74 Å². The van der Waals surface area contributed by atoms with Crippen LogP contribution in [0.1, 0.15) is 27.2 Å². The molecular formula is C15H23NO3S. The van der Waals surface area contributed by atoms with Crippen molar-refractivity contribution in [3.8, 4) is 0 Å². The standard InChI is InChI=1S/C15H23NO3S/c1-15(2,3)19-14(18)16-12(9-10-17)11-20-13-7-5-4-6-8-13/h4-8,12,17H,9-11H2,1-3H3,(H,16,18). The van der Waals surface area contributed by atoms with Crippen molar-refractivity contribution in [2.75, 3.05) is 12.4 Å². The predicted octanol–water partition coefficient (Wildman–Crippen LogP) is 3.05. The minimum atomic E-state index is -0.513. The Kier molecular flexibility index (Phi) is 6.88. The molecule has 0 aromatic heterocycles. The molecule has 0 saturated heterocycles. The summed E-state index contributed by atoms with van der Waals surface area (Å²) < 4.78 is 5.23. The Labute approximate surface area is 124 Å². The molecule has 0 heterocycles. The fourth-order valence-corrected chi connectivity index (χ4v) is 2.53. The number of hydrogen-bond donors (Lipinski definition) is 2. The zero-order valence-electron chi connectivity index (χ0n) is 12.3. The normalized spacial score (nSPS) is 12.8. The van der Waals surface area contributed by atoms with Gasteiger partial charge in [-0.15, -0.1) is 11.8 Å². The summed E-state index contributed by atoms with van der Waals surface area (Å²) in [5, 5.41) is 11.9. The molecule has 0 spiro atoms. The fraction of sp³-hybridized carbons (Fsp3) is 0.533. The van der Waals surface area contributed by atoms with Crippen molar-refractivity contribution in [1.82, 2.24) is 5.32 Å². The van der Waals surface area contributed by atoms with E-state index >= 15 is 0 Å². The Hall–Kier alpha value is -1.20. The number of carbonyl (C=O) groups is 1. The lowest BCUT2D eigenvalue weighted by molar-refractivity contribution is 0.0503. The van der Waals surface area contributed by atoms with Crippen LogP contribution in [-0.4, -0.2) is 35.2 Å². The van der Waals surface area contributed by atoms with Crippen LogP contribution in [0.3, 0.4) is 0 Å². The molecule has 0 aliphatic carbocycles. The molecule has 5 heteroatoms. The SMILES string of the molecule is CC(C)(C)OC(=O)NC(CCO)CSc1ccccc1. The number of hydrogen-bond acceptors (Lipinski definition) is 4. The zero-order chi connectivity index (χ0) is 15.0. The van der Waals surface area contributed by atoms with Gasteiger partial charge in [0.25, 0.3) is 0 Å². The van der Waals surface area contributed by atoms with E-state index in [-0.39, 0.29) is 12.6 Å². The summed E-state index contributed by atoms with van der Waals surface area (Å²) in [5.41, 5.74) is -0.513.